The first-order valence-electron chi connectivity index (χ1n) is 8.54. The summed E-state index contributed by atoms with van der Waals surface area (Å²) in [5.74, 6) is 2.36. The minimum atomic E-state index is 0. The van der Waals surface area contributed by atoms with Gasteiger partial charge >= 0.3 is 0 Å². The van der Waals surface area contributed by atoms with Gasteiger partial charge in [0, 0.05) is 38.7 Å². The Balaban J connectivity index is 0.00000243. The average Bonchev–Trinajstić information content (AvgIpc) is 3.25. The third-order valence-electron chi connectivity index (χ3n) is 5.08. The molecule has 0 bridgehead atoms. The van der Waals surface area contributed by atoms with Crippen LogP contribution in [-0.4, -0.2) is 58.4 Å². The summed E-state index contributed by atoms with van der Waals surface area (Å²) in [5.41, 5.74) is 1.42. The Morgan fingerprint density at radius 3 is 2.77 bits per heavy atom. The number of ether oxygens (including phenoxy) is 3. The Hall–Kier alpha value is -0.740. The summed E-state index contributed by atoms with van der Waals surface area (Å²) < 4.78 is 17.3. The van der Waals surface area contributed by atoms with E-state index in [1.807, 2.05) is 19.2 Å². The van der Waals surface area contributed by atoms with Gasteiger partial charge in [-0.1, -0.05) is 0 Å². The Morgan fingerprint density at radius 1 is 1.35 bits per heavy atom. The number of likely N-dealkylation sites (tertiary alicyclic amines) is 1. The highest BCUT2D eigenvalue weighted by molar-refractivity contribution is 14.0. The fourth-order valence-electron chi connectivity index (χ4n) is 3.67. The molecule has 0 radical (unpaired) electrons. The number of nitrogens with zero attached hydrogens (tertiary/aromatic N) is 2. The summed E-state index contributed by atoms with van der Waals surface area (Å²) >= 11 is 3.54. The molecule has 3 rings (SSSR count). The van der Waals surface area contributed by atoms with Crippen LogP contribution >= 0.6 is 39.9 Å². The number of rotatable bonds is 4. The first kappa shape index (κ1) is 21.6. The van der Waals surface area contributed by atoms with E-state index in [4.69, 9.17) is 14.2 Å². The second-order valence-electron chi connectivity index (χ2n) is 6.69. The van der Waals surface area contributed by atoms with Crippen LogP contribution in [0.4, 0.5) is 0 Å². The van der Waals surface area contributed by atoms with Crippen molar-refractivity contribution in [1.82, 2.24) is 10.2 Å². The van der Waals surface area contributed by atoms with Crippen molar-refractivity contribution < 1.29 is 14.2 Å². The molecule has 1 N–H and O–H groups in total. The van der Waals surface area contributed by atoms with Crippen LogP contribution in [0.5, 0.6) is 11.5 Å². The van der Waals surface area contributed by atoms with E-state index >= 15 is 0 Å². The third kappa shape index (κ3) is 4.56. The van der Waals surface area contributed by atoms with Gasteiger partial charge < -0.3 is 24.4 Å². The van der Waals surface area contributed by atoms with Crippen LogP contribution in [0.3, 0.4) is 0 Å². The van der Waals surface area contributed by atoms with E-state index in [1.54, 1.807) is 14.2 Å². The van der Waals surface area contributed by atoms with Crippen LogP contribution < -0.4 is 14.8 Å². The molecular formula is C18H27BrIN3O3. The molecule has 1 spiro atoms. The predicted octanol–water partition coefficient (Wildman–Crippen LogP) is 3.27. The molecule has 2 fully saturated rings. The summed E-state index contributed by atoms with van der Waals surface area (Å²) in [5, 5.41) is 3.47. The standard InChI is InChI=1S/C18H26BrN3O3.HI/c1-20-17(22-6-4-18(11-22)5-7-25-12-18)21-10-13-8-14(19)16(24-3)15(9-13)23-2;/h8-9H,4-7,10-12H2,1-3H3,(H,20,21);1H. The molecule has 1 unspecified atom stereocenters. The van der Waals surface area contributed by atoms with Crippen LogP contribution in [0.25, 0.3) is 0 Å². The van der Waals surface area contributed by atoms with E-state index in [0.29, 0.717) is 23.5 Å². The molecule has 1 atom stereocenters. The minimum Gasteiger partial charge on any atom is -0.493 e. The lowest BCUT2D eigenvalue weighted by Crippen LogP contribution is -2.41. The topological polar surface area (TPSA) is 55.3 Å². The van der Waals surface area contributed by atoms with Crippen LogP contribution in [0, 0.1) is 5.41 Å². The Bertz CT molecular complexity index is 651. The van der Waals surface area contributed by atoms with Gasteiger partial charge in [-0.2, -0.15) is 0 Å². The fraction of sp³-hybridized carbons (Fsp3) is 0.611. The van der Waals surface area contributed by atoms with Crippen LogP contribution in [-0.2, 0) is 11.3 Å². The summed E-state index contributed by atoms with van der Waals surface area (Å²) in [6, 6.07) is 4.03. The molecule has 26 heavy (non-hydrogen) atoms. The highest BCUT2D eigenvalue weighted by Gasteiger charge is 2.42. The van der Waals surface area contributed by atoms with Crippen LogP contribution in [0.15, 0.2) is 21.6 Å². The van der Waals surface area contributed by atoms with E-state index in [9.17, 15) is 0 Å². The molecule has 2 heterocycles. The molecule has 0 aliphatic carbocycles. The highest BCUT2D eigenvalue weighted by Crippen LogP contribution is 2.38. The monoisotopic (exact) mass is 539 g/mol. The van der Waals surface area contributed by atoms with Gasteiger partial charge in [0.1, 0.15) is 0 Å². The van der Waals surface area contributed by atoms with Crippen molar-refractivity contribution in [1.29, 1.82) is 0 Å². The molecule has 2 aliphatic rings. The quantitative estimate of drug-likeness (QED) is 0.361. The molecule has 0 amide bonds. The molecular weight excluding hydrogens is 513 g/mol. The molecule has 2 saturated heterocycles. The first-order valence-corrected chi connectivity index (χ1v) is 9.34. The minimum absolute atomic E-state index is 0. The van der Waals surface area contributed by atoms with Crippen molar-refractivity contribution in [3.63, 3.8) is 0 Å². The maximum absolute atomic E-state index is 5.62. The Morgan fingerprint density at radius 2 is 2.15 bits per heavy atom. The van der Waals surface area contributed by atoms with Gasteiger partial charge in [-0.15, -0.1) is 24.0 Å². The zero-order chi connectivity index (χ0) is 17.9. The molecule has 0 aromatic heterocycles. The van der Waals surface area contributed by atoms with Crippen molar-refractivity contribution >= 4 is 45.9 Å². The molecule has 0 saturated carbocycles. The number of guanidine groups is 1. The smallest absolute Gasteiger partial charge is 0.193 e. The number of nitrogens with one attached hydrogen (secondary N) is 1. The largest absolute Gasteiger partial charge is 0.493 e. The maximum atomic E-state index is 5.62. The van der Waals surface area contributed by atoms with Crippen LogP contribution in [0.1, 0.15) is 18.4 Å². The van der Waals surface area contributed by atoms with Gasteiger partial charge in [-0.05, 0) is 46.5 Å². The Kier molecular flexibility index (Phi) is 7.84. The molecule has 1 aromatic rings. The zero-order valence-corrected chi connectivity index (χ0v) is 19.4. The SMILES string of the molecule is CN=C(NCc1cc(Br)c(OC)c(OC)c1)N1CCC2(CCOC2)C1.I. The summed E-state index contributed by atoms with van der Waals surface area (Å²) in [6.07, 6.45) is 2.33. The molecule has 2 aliphatic heterocycles. The zero-order valence-electron chi connectivity index (χ0n) is 15.5. The summed E-state index contributed by atoms with van der Waals surface area (Å²) in [7, 11) is 5.12. The third-order valence-corrected chi connectivity index (χ3v) is 5.67. The molecule has 8 heteroatoms. The average molecular weight is 540 g/mol. The Labute approximate surface area is 180 Å². The number of hydrogen-bond acceptors (Lipinski definition) is 4. The highest BCUT2D eigenvalue weighted by atomic mass is 127. The van der Waals surface area contributed by atoms with Gasteiger partial charge in [-0.25, -0.2) is 0 Å². The van der Waals surface area contributed by atoms with Gasteiger partial charge in [0.2, 0.25) is 0 Å². The van der Waals surface area contributed by atoms with E-state index in [0.717, 1.165) is 48.7 Å². The number of halogens is 2. The van der Waals surface area contributed by atoms with Gasteiger partial charge in [0.05, 0.1) is 25.3 Å². The molecule has 1 aromatic carbocycles. The lowest BCUT2D eigenvalue weighted by Gasteiger charge is -2.25. The van der Waals surface area contributed by atoms with Crippen molar-refractivity contribution in [3.05, 3.63) is 22.2 Å². The van der Waals surface area contributed by atoms with Crippen molar-refractivity contribution in [2.75, 3.05) is 47.6 Å². The molecule has 146 valence electrons. The normalized spacial score (nSPS) is 22.5. The first-order chi connectivity index (χ1) is 12.1. The number of hydrogen-bond donors (Lipinski definition) is 1. The van der Waals surface area contributed by atoms with Crippen molar-refractivity contribution in [3.8, 4) is 11.5 Å². The summed E-state index contributed by atoms with van der Waals surface area (Å²) in [4.78, 5) is 6.80. The van der Waals surface area contributed by atoms with Crippen molar-refractivity contribution in [2.45, 2.75) is 19.4 Å². The lowest BCUT2D eigenvalue weighted by atomic mass is 9.87. The second-order valence-corrected chi connectivity index (χ2v) is 7.54. The number of methoxy groups -OCH3 is 2. The van der Waals surface area contributed by atoms with Crippen LogP contribution in [0.2, 0.25) is 0 Å². The second kappa shape index (κ2) is 9.45. The molecule has 6 nitrogen and oxygen atoms in total. The van der Waals surface area contributed by atoms with Crippen molar-refractivity contribution in [2.24, 2.45) is 10.4 Å². The van der Waals surface area contributed by atoms with E-state index in [-0.39, 0.29) is 24.0 Å². The lowest BCUT2D eigenvalue weighted by molar-refractivity contribution is 0.156. The van der Waals surface area contributed by atoms with Gasteiger partial charge in [-0.3, -0.25) is 4.99 Å². The number of aliphatic imine (C=N–C) groups is 1. The number of benzene rings is 1. The van der Waals surface area contributed by atoms with E-state index in [1.165, 1.54) is 6.42 Å². The summed E-state index contributed by atoms with van der Waals surface area (Å²) in [6.45, 7) is 4.48. The van der Waals surface area contributed by atoms with E-state index in [2.05, 4.69) is 31.1 Å². The van der Waals surface area contributed by atoms with E-state index < -0.39 is 0 Å². The maximum Gasteiger partial charge on any atom is 0.193 e. The van der Waals surface area contributed by atoms with Gasteiger partial charge in [0.25, 0.3) is 0 Å². The fourth-order valence-corrected chi connectivity index (χ4v) is 4.33. The van der Waals surface area contributed by atoms with Gasteiger partial charge in [0.15, 0.2) is 17.5 Å². The predicted molar refractivity (Wildman–Crippen MR) is 117 cm³/mol.